The number of ketones is 4. The van der Waals surface area contributed by atoms with Crippen molar-refractivity contribution in [1.29, 1.82) is 0 Å². The minimum absolute atomic E-state index is 1.51. The number of aliphatic hydroxyl groups is 1. The maximum Gasteiger partial charge on any atom is 0.281 e. The Labute approximate surface area is 123 Å². The molecule has 0 aliphatic heterocycles. The van der Waals surface area contributed by atoms with Gasteiger partial charge in [0.15, 0.2) is 6.10 Å². The molecule has 1 aliphatic rings. The number of phenolic OH excluding ortho intramolecular Hbond substituents is 1. The van der Waals surface area contributed by atoms with Crippen LogP contribution in [0.25, 0.3) is 0 Å². The largest absolute Gasteiger partial charge is 0.501 e. The van der Waals surface area contributed by atoms with Gasteiger partial charge >= 0.3 is 0 Å². The van der Waals surface area contributed by atoms with E-state index in [9.17, 15) is 43.5 Å². The second-order valence-electron chi connectivity index (χ2n) is 4.35. The van der Waals surface area contributed by atoms with E-state index in [1.807, 2.05) is 0 Å². The SMILES string of the molecule is O=C1C(=O)C(Oc2c(O)c(=O)c(=O)c(=O)c2=O)C(=O)C(=O)C1O. The lowest BCUT2D eigenvalue weighted by molar-refractivity contribution is -0.161. The summed E-state index contributed by atoms with van der Waals surface area (Å²) in [5.74, 6) is -10.0. The molecular weight excluding hydrogens is 320 g/mol. The van der Waals surface area contributed by atoms with Crippen molar-refractivity contribution in [2.24, 2.45) is 0 Å². The molecule has 1 fully saturated rings. The van der Waals surface area contributed by atoms with Crippen LogP contribution in [0, 0.1) is 0 Å². The van der Waals surface area contributed by atoms with Gasteiger partial charge in [-0.1, -0.05) is 0 Å². The summed E-state index contributed by atoms with van der Waals surface area (Å²) in [6.07, 6.45) is -5.09. The average Bonchev–Trinajstić information content (AvgIpc) is 2.54. The number of benzene rings is 1. The minimum atomic E-state index is -2.56. The zero-order valence-corrected chi connectivity index (χ0v) is 10.7. The Kier molecular flexibility index (Phi) is 3.58. The summed E-state index contributed by atoms with van der Waals surface area (Å²) >= 11 is 0. The van der Waals surface area contributed by atoms with Gasteiger partial charge in [-0.3, -0.25) is 38.4 Å². The Bertz CT molecular complexity index is 948. The number of hydrogen-bond acceptors (Lipinski definition) is 11. The Morgan fingerprint density at radius 1 is 0.652 bits per heavy atom. The Hall–Kier alpha value is -3.34. The fourth-order valence-corrected chi connectivity index (χ4v) is 1.73. The molecular formula is C12H4O11. The molecule has 0 atom stereocenters. The highest BCUT2D eigenvalue weighted by Crippen LogP contribution is 2.18. The van der Waals surface area contributed by atoms with Gasteiger partial charge in [0.2, 0.25) is 40.7 Å². The maximum absolute atomic E-state index is 11.5. The maximum atomic E-state index is 11.5. The zero-order chi connectivity index (χ0) is 17.6. The standard InChI is InChI=1S/C12H4O11/c13-1-3(15)7(19)11(8(20)4(1)16)23-12-9(21)5(17)2(14)6(18)10(12)22/h1,11,13,21H. The van der Waals surface area contributed by atoms with E-state index in [4.69, 9.17) is 5.11 Å². The van der Waals surface area contributed by atoms with Crippen LogP contribution in [-0.2, 0) is 19.2 Å². The van der Waals surface area contributed by atoms with Crippen molar-refractivity contribution in [1.82, 2.24) is 0 Å². The minimum Gasteiger partial charge on any atom is -0.501 e. The molecule has 1 saturated carbocycles. The third-order valence-corrected chi connectivity index (χ3v) is 2.95. The first-order valence-electron chi connectivity index (χ1n) is 5.71. The first kappa shape index (κ1) is 16.0. The molecule has 11 heteroatoms. The fraction of sp³-hybridized carbons (Fsp3) is 0.167. The molecule has 118 valence electrons. The van der Waals surface area contributed by atoms with E-state index in [-0.39, 0.29) is 0 Å². The van der Waals surface area contributed by atoms with Gasteiger partial charge in [-0.15, -0.1) is 0 Å². The van der Waals surface area contributed by atoms with Gasteiger partial charge in [0.1, 0.15) is 0 Å². The fourth-order valence-electron chi connectivity index (χ4n) is 1.73. The number of ether oxygens (including phenoxy) is 1. The monoisotopic (exact) mass is 324 g/mol. The number of carbonyl (C=O) groups is 4. The van der Waals surface area contributed by atoms with Crippen LogP contribution in [0.5, 0.6) is 11.5 Å². The van der Waals surface area contributed by atoms with Gasteiger partial charge in [-0.05, 0) is 0 Å². The number of carbonyl (C=O) groups excluding carboxylic acids is 4. The van der Waals surface area contributed by atoms with E-state index >= 15 is 0 Å². The molecule has 1 aromatic rings. The Morgan fingerprint density at radius 3 is 1.57 bits per heavy atom. The van der Waals surface area contributed by atoms with Crippen molar-refractivity contribution in [2.45, 2.75) is 12.2 Å². The molecule has 0 amide bonds. The van der Waals surface area contributed by atoms with Crippen LogP contribution >= 0.6 is 0 Å². The molecule has 0 radical (unpaired) electrons. The van der Waals surface area contributed by atoms with Gasteiger partial charge in [-0.25, -0.2) is 0 Å². The molecule has 0 spiro atoms. The van der Waals surface area contributed by atoms with E-state index in [0.29, 0.717) is 0 Å². The van der Waals surface area contributed by atoms with Crippen LogP contribution < -0.4 is 26.5 Å². The molecule has 0 aromatic heterocycles. The molecule has 23 heavy (non-hydrogen) atoms. The first-order chi connectivity index (χ1) is 10.6. The van der Waals surface area contributed by atoms with Crippen LogP contribution in [0.3, 0.4) is 0 Å². The van der Waals surface area contributed by atoms with Crippen LogP contribution in [0.1, 0.15) is 0 Å². The number of phenols is 1. The highest BCUT2D eigenvalue weighted by Gasteiger charge is 2.50. The summed E-state index contributed by atoms with van der Waals surface area (Å²) < 4.78 is 4.39. The Morgan fingerprint density at radius 2 is 1.09 bits per heavy atom. The van der Waals surface area contributed by atoms with Gasteiger partial charge in [0.05, 0.1) is 0 Å². The third-order valence-electron chi connectivity index (χ3n) is 2.95. The molecule has 1 aliphatic carbocycles. The normalized spacial score (nSPS) is 21.6. The highest BCUT2D eigenvalue weighted by molar-refractivity contribution is 6.63. The number of hydrogen-bond donors (Lipinski definition) is 2. The van der Waals surface area contributed by atoms with Crippen molar-refractivity contribution >= 4 is 23.1 Å². The molecule has 0 saturated heterocycles. The van der Waals surface area contributed by atoms with Crippen molar-refractivity contribution in [3.63, 3.8) is 0 Å². The average molecular weight is 324 g/mol. The molecule has 1 aromatic carbocycles. The summed E-state index contributed by atoms with van der Waals surface area (Å²) in [5, 5.41) is 18.4. The zero-order valence-electron chi connectivity index (χ0n) is 10.7. The summed E-state index contributed by atoms with van der Waals surface area (Å²) in [4.78, 5) is 90.6. The van der Waals surface area contributed by atoms with E-state index in [2.05, 4.69) is 4.74 Å². The van der Waals surface area contributed by atoms with Crippen LogP contribution in [0.2, 0.25) is 0 Å². The molecule has 0 heterocycles. The summed E-state index contributed by atoms with van der Waals surface area (Å²) in [5.41, 5.74) is -7.41. The predicted molar refractivity (Wildman–Crippen MR) is 66.0 cm³/mol. The van der Waals surface area contributed by atoms with Crippen molar-refractivity contribution in [2.75, 3.05) is 0 Å². The lowest BCUT2D eigenvalue weighted by Crippen LogP contribution is -2.57. The number of rotatable bonds is 2. The topological polar surface area (TPSA) is 186 Å². The summed E-state index contributed by atoms with van der Waals surface area (Å²) in [6, 6.07) is 0. The molecule has 11 nitrogen and oxygen atoms in total. The van der Waals surface area contributed by atoms with Gasteiger partial charge < -0.3 is 14.9 Å². The van der Waals surface area contributed by atoms with Crippen LogP contribution in [0.4, 0.5) is 0 Å². The molecule has 0 bridgehead atoms. The van der Waals surface area contributed by atoms with Crippen molar-refractivity contribution < 1.29 is 34.1 Å². The van der Waals surface area contributed by atoms with Crippen molar-refractivity contribution in [3.8, 4) is 11.5 Å². The van der Waals surface area contributed by atoms with E-state index in [1.54, 1.807) is 0 Å². The van der Waals surface area contributed by atoms with Gasteiger partial charge in [0, 0.05) is 0 Å². The van der Waals surface area contributed by atoms with Gasteiger partial charge in [0.25, 0.3) is 21.7 Å². The smallest absolute Gasteiger partial charge is 0.281 e. The van der Waals surface area contributed by atoms with Crippen molar-refractivity contribution in [3.05, 3.63) is 40.9 Å². The quantitative estimate of drug-likeness (QED) is 0.392. The predicted octanol–water partition coefficient (Wildman–Crippen LogP) is -4.89. The highest BCUT2D eigenvalue weighted by atomic mass is 16.5. The number of aromatic hydroxyl groups is 1. The molecule has 0 unspecified atom stereocenters. The van der Waals surface area contributed by atoms with Crippen LogP contribution in [0.15, 0.2) is 19.2 Å². The van der Waals surface area contributed by atoms with Crippen LogP contribution in [-0.4, -0.2) is 45.6 Å². The Balaban J connectivity index is 2.60. The lowest BCUT2D eigenvalue weighted by atomic mass is 9.90. The van der Waals surface area contributed by atoms with E-state index in [0.717, 1.165) is 0 Å². The lowest BCUT2D eigenvalue weighted by Gasteiger charge is -2.21. The summed E-state index contributed by atoms with van der Waals surface area (Å²) in [7, 11) is 0. The molecule has 2 rings (SSSR count). The number of Topliss-reactive ketones (excluding diaryl/α,β-unsaturated/α-hetero) is 4. The number of aliphatic hydroxyl groups excluding tert-OH is 1. The van der Waals surface area contributed by atoms with E-state index < -0.39 is 68.6 Å². The third kappa shape index (κ3) is 2.19. The van der Waals surface area contributed by atoms with E-state index in [1.165, 1.54) is 0 Å². The first-order valence-corrected chi connectivity index (χ1v) is 5.71. The van der Waals surface area contributed by atoms with Gasteiger partial charge in [-0.2, -0.15) is 0 Å². The second-order valence-corrected chi connectivity index (χ2v) is 4.35. The molecule has 2 N–H and O–H groups in total. The second kappa shape index (κ2) is 5.14. The summed E-state index contributed by atoms with van der Waals surface area (Å²) in [6.45, 7) is 0.